The van der Waals surface area contributed by atoms with E-state index in [1.807, 2.05) is 0 Å². The monoisotopic (exact) mass is 380 g/mol. The van der Waals surface area contributed by atoms with E-state index in [1.54, 1.807) is 0 Å². The molecular weight excluding hydrogens is 356 g/mol. The average Bonchev–Trinajstić information content (AvgIpc) is 2.81. The SMILES string of the molecule is COCOc1ccc(C(=O)N[C@@H]2CN(C(=O)O)CCC[C@H]2O)cc1C(C)=O. The second-order valence-corrected chi connectivity index (χ2v) is 6.34. The van der Waals surface area contributed by atoms with Crippen molar-refractivity contribution in [3.63, 3.8) is 0 Å². The van der Waals surface area contributed by atoms with Crippen LogP contribution in [-0.4, -0.2) is 72.0 Å². The van der Waals surface area contributed by atoms with Crippen LogP contribution in [0.5, 0.6) is 5.75 Å². The molecule has 1 aliphatic rings. The number of aliphatic hydroxyl groups is 1. The molecule has 3 N–H and O–H groups in total. The zero-order valence-electron chi connectivity index (χ0n) is 15.3. The van der Waals surface area contributed by atoms with Crippen molar-refractivity contribution >= 4 is 17.8 Å². The van der Waals surface area contributed by atoms with Crippen LogP contribution in [0.3, 0.4) is 0 Å². The summed E-state index contributed by atoms with van der Waals surface area (Å²) in [6, 6.07) is 3.66. The van der Waals surface area contributed by atoms with Crippen LogP contribution < -0.4 is 10.1 Å². The number of nitrogens with one attached hydrogen (secondary N) is 1. The van der Waals surface area contributed by atoms with Gasteiger partial charge in [-0.05, 0) is 38.0 Å². The van der Waals surface area contributed by atoms with Gasteiger partial charge in [-0.2, -0.15) is 0 Å². The summed E-state index contributed by atoms with van der Waals surface area (Å²) in [6.45, 7) is 1.62. The van der Waals surface area contributed by atoms with Gasteiger partial charge in [-0.25, -0.2) is 4.79 Å². The van der Waals surface area contributed by atoms with Gasteiger partial charge in [0, 0.05) is 25.8 Å². The van der Waals surface area contributed by atoms with Crippen molar-refractivity contribution in [1.82, 2.24) is 10.2 Å². The first-order chi connectivity index (χ1) is 12.8. The van der Waals surface area contributed by atoms with Gasteiger partial charge in [0.15, 0.2) is 12.6 Å². The van der Waals surface area contributed by atoms with Crippen molar-refractivity contribution in [3.8, 4) is 5.75 Å². The molecule has 1 saturated heterocycles. The number of rotatable bonds is 6. The van der Waals surface area contributed by atoms with Gasteiger partial charge >= 0.3 is 6.09 Å². The van der Waals surface area contributed by atoms with Crippen molar-refractivity contribution in [2.75, 3.05) is 27.0 Å². The Morgan fingerprint density at radius 1 is 1.33 bits per heavy atom. The molecule has 148 valence electrons. The number of hydrogen-bond acceptors (Lipinski definition) is 6. The molecule has 9 heteroatoms. The Balaban J connectivity index is 2.17. The van der Waals surface area contributed by atoms with Crippen LogP contribution in [0, 0.1) is 0 Å². The fourth-order valence-corrected chi connectivity index (χ4v) is 2.90. The molecule has 0 bridgehead atoms. The first kappa shape index (κ1) is 20.7. The largest absolute Gasteiger partial charge is 0.467 e. The molecule has 1 aliphatic heterocycles. The van der Waals surface area contributed by atoms with Gasteiger partial charge < -0.3 is 29.9 Å². The molecule has 2 rings (SSSR count). The Morgan fingerprint density at radius 3 is 2.70 bits per heavy atom. The lowest BCUT2D eigenvalue weighted by atomic mass is 10.0. The number of carbonyl (C=O) groups is 3. The molecule has 27 heavy (non-hydrogen) atoms. The summed E-state index contributed by atoms with van der Waals surface area (Å²) in [4.78, 5) is 36.8. The molecule has 2 amide bonds. The number of ether oxygens (including phenoxy) is 2. The Kier molecular flexibility index (Phi) is 7.14. The van der Waals surface area contributed by atoms with Gasteiger partial charge in [0.05, 0.1) is 17.7 Å². The molecule has 0 aliphatic carbocycles. The van der Waals surface area contributed by atoms with Gasteiger partial charge in [0.1, 0.15) is 5.75 Å². The maximum Gasteiger partial charge on any atom is 0.407 e. The molecular formula is C18H24N2O7. The van der Waals surface area contributed by atoms with Crippen molar-refractivity contribution in [3.05, 3.63) is 29.3 Å². The van der Waals surface area contributed by atoms with E-state index in [0.717, 1.165) is 0 Å². The molecule has 2 atom stereocenters. The maximum absolute atomic E-state index is 12.6. The van der Waals surface area contributed by atoms with Crippen LogP contribution in [0.1, 0.15) is 40.5 Å². The van der Waals surface area contributed by atoms with Crippen molar-refractivity contribution in [2.24, 2.45) is 0 Å². The fraction of sp³-hybridized carbons (Fsp3) is 0.500. The highest BCUT2D eigenvalue weighted by molar-refractivity contribution is 6.01. The van der Waals surface area contributed by atoms with Gasteiger partial charge in [0.2, 0.25) is 0 Å². The first-order valence-electron chi connectivity index (χ1n) is 8.57. The van der Waals surface area contributed by atoms with Crippen LogP contribution in [0.2, 0.25) is 0 Å². The number of methoxy groups -OCH3 is 1. The summed E-state index contributed by atoms with van der Waals surface area (Å²) in [5.74, 6) is -0.484. The summed E-state index contributed by atoms with van der Waals surface area (Å²) < 4.78 is 10.1. The Bertz CT molecular complexity index is 707. The van der Waals surface area contributed by atoms with Crippen LogP contribution in [0.25, 0.3) is 0 Å². The summed E-state index contributed by atoms with van der Waals surface area (Å²) in [5, 5.41) is 22.1. The smallest absolute Gasteiger partial charge is 0.407 e. The molecule has 0 saturated carbocycles. The number of benzene rings is 1. The minimum Gasteiger partial charge on any atom is -0.467 e. The number of carboxylic acid groups (broad SMARTS) is 1. The van der Waals surface area contributed by atoms with E-state index in [2.05, 4.69) is 5.32 Å². The highest BCUT2D eigenvalue weighted by atomic mass is 16.7. The zero-order valence-corrected chi connectivity index (χ0v) is 15.3. The maximum atomic E-state index is 12.6. The van der Waals surface area contributed by atoms with Crippen molar-refractivity contribution in [2.45, 2.75) is 31.9 Å². The minimum atomic E-state index is -1.10. The van der Waals surface area contributed by atoms with E-state index >= 15 is 0 Å². The van der Waals surface area contributed by atoms with E-state index in [1.165, 1.54) is 37.1 Å². The molecule has 0 spiro atoms. The van der Waals surface area contributed by atoms with Gasteiger partial charge in [-0.3, -0.25) is 9.59 Å². The van der Waals surface area contributed by atoms with E-state index in [4.69, 9.17) is 9.47 Å². The van der Waals surface area contributed by atoms with E-state index in [-0.39, 0.29) is 30.2 Å². The lowest BCUT2D eigenvalue weighted by Crippen LogP contribution is -2.49. The van der Waals surface area contributed by atoms with Gasteiger partial charge in [0.25, 0.3) is 5.91 Å². The normalized spacial score (nSPS) is 19.9. The molecule has 1 heterocycles. The summed E-state index contributed by atoms with van der Waals surface area (Å²) in [7, 11) is 1.45. The zero-order chi connectivity index (χ0) is 20.0. The predicted octanol–water partition coefficient (Wildman–Crippen LogP) is 1.10. The second-order valence-electron chi connectivity index (χ2n) is 6.34. The Labute approximate surface area is 156 Å². The Morgan fingerprint density at radius 2 is 2.07 bits per heavy atom. The standard InChI is InChI=1S/C18H24N2O7/c1-11(21)13-8-12(5-6-16(13)27-10-26-2)17(23)19-14-9-20(18(24)25)7-3-4-15(14)22/h5-6,8,14-15,22H,3-4,7,9-10H2,1-2H3,(H,19,23)(H,24,25)/t14-,15-/m1/s1. The third-order valence-electron chi connectivity index (χ3n) is 4.35. The van der Waals surface area contributed by atoms with E-state index in [9.17, 15) is 24.6 Å². The number of ketones is 1. The lowest BCUT2D eigenvalue weighted by Gasteiger charge is -2.25. The predicted molar refractivity (Wildman–Crippen MR) is 95.0 cm³/mol. The average molecular weight is 380 g/mol. The molecule has 0 aromatic heterocycles. The molecule has 1 aromatic rings. The highest BCUT2D eigenvalue weighted by Crippen LogP contribution is 2.21. The fourth-order valence-electron chi connectivity index (χ4n) is 2.90. The van der Waals surface area contributed by atoms with Gasteiger partial charge in [-0.15, -0.1) is 0 Å². The van der Waals surface area contributed by atoms with Crippen LogP contribution in [0.15, 0.2) is 18.2 Å². The number of nitrogens with zero attached hydrogens (tertiary/aromatic N) is 1. The number of hydrogen-bond donors (Lipinski definition) is 3. The minimum absolute atomic E-state index is 0.00314. The summed E-state index contributed by atoms with van der Waals surface area (Å²) in [5.41, 5.74) is 0.441. The number of likely N-dealkylation sites (tertiary alicyclic amines) is 1. The van der Waals surface area contributed by atoms with Crippen LogP contribution in [-0.2, 0) is 4.74 Å². The third kappa shape index (κ3) is 5.41. The van der Waals surface area contributed by atoms with Crippen molar-refractivity contribution < 1.29 is 34.1 Å². The van der Waals surface area contributed by atoms with Gasteiger partial charge in [-0.1, -0.05) is 0 Å². The number of amides is 2. The first-order valence-corrected chi connectivity index (χ1v) is 8.57. The highest BCUT2D eigenvalue weighted by Gasteiger charge is 2.29. The molecule has 1 fully saturated rings. The number of aliphatic hydroxyl groups excluding tert-OH is 1. The van der Waals surface area contributed by atoms with Crippen molar-refractivity contribution in [1.29, 1.82) is 0 Å². The third-order valence-corrected chi connectivity index (χ3v) is 4.35. The number of carbonyl (C=O) groups excluding carboxylic acids is 2. The second kappa shape index (κ2) is 9.33. The molecule has 0 unspecified atom stereocenters. The van der Waals surface area contributed by atoms with E-state index < -0.39 is 24.1 Å². The van der Waals surface area contributed by atoms with Crippen LogP contribution in [0.4, 0.5) is 4.79 Å². The quantitative estimate of drug-likeness (QED) is 0.498. The summed E-state index contributed by atoms with van der Waals surface area (Å²) >= 11 is 0. The van der Waals surface area contributed by atoms with Crippen LogP contribution >= 0.6 is 0 Å². The Hall–Kier alpha value is -2.65. The van der Waals surface area contributed by atoms with E-state index in [0.29, 0.717) is 25.1 Å². The summed E-state index contributed by atoms with van der Waals surface area (Å²) in [6.07, 6.45) is -1.05. The molecule has 0 radical (unpaired) electrons. The lowest BCUT2D eigenvalue weighted by molar-refractivity contribution is 0.0502. The molecule has 9 nitrogen and oxygen atoms in total. The topological polar surface area (TPSA) is 125 Å². The number of Topliss-reactive ketones (excluding diaryl/α,β-unsaturated/α-hetero) is 1. The molecule has 1 aromatic carbocycles.